The van der Waals surface area contributed by atoms with Gasteiger partial charge in [-0.25, -0.2) is 0 Å². The van der Waals surface area contributed by atoms with E-state index in [9.17, 15) is 4.79 Å². The van der Waals surface area contributed by atoms with Crippen LogP contribution in [0.2, 0.25) is 0 Å². The summed E-state index contributed by atoms with van der Waals surface area (Å²) in [5, 5.41) is 6.24. The van der Waals surface area contributed by atoms with Crippen LogP contribution in [0.3, 0.4) is 0 Å². The number of carbonyl (C=O) groups is 1. The Morgan fingerprint density at radius 3 is 2.38 bits per heavy atom. The first-order valence-corrected chi connectivity index (χ1v) is 6.04. The van der Waals surface area contributed by atoms with Gasteiger partial charge in [0.25, 0.3) is 0 Å². The van der Waals surface area contributed by atoms with Crippen LogP contribution in [0.4, 0.5) is 0 Å². The number of nitrogens with one attached hydrogen (secondary N) is 2. The summed E-state index contributed by atoms with van der Waals surface area (Å²) < 4.78 is 0. The van der Waals surface area contributed by atoms with Crippen molar-refractivity contribution >= 4 is 18.3 Å². The van der Waals surface area contributed by atoms with Crippen molar-refractivity contribution in [2.75, 3.05) is 13.6 Å². The first-order valence-electron chi connectivity index (χ1n) is 6.04. The number of amides is 1. The molecule has 4 heteroatoms. The van der Waals surface area contributed by atoms with Crippen LogP contribution in [0.15, 0.2) is 0 Å². The number of halogens is 1. The highest BCUT2D eigenvalue weighted by atomic mass is 35.5. The zero-order valence-electron chi connectivity index (χ0n) is 10.6. The average Bonchev–Trinajstić information content (AvgIpc) is 2.18. The third-order valence-corrected chi connectivity index (χ3v) is 3.34. The molecule has 1 atom stereocenters. The lowest BCUT2D eigenvalue weighted by atomic mass is 9.83. The van der Waals surface area contributed by atoms with Crippen molar-refractivity contribution in [2.45, 2.75) is 51.5 Å². The number of carbonyl (C=O) groups excluding carboxylic acids is 1. The fraction of sp³-hybridized carbons (Fsp3) is 0.917. The highest BCUT2D eigenvalue weighted by Crippen LogP contribution is 2.27. The van der Waals surface area contributed by atoms with Crippen molar-refractivity contribution in [3.8, 4) is 0 Å². The second kappa shape index (κ2) is 7.13. The molecule has 0 aromatic carbocycles. The van der Waals surface area contributed by atoms with Crippen molar-refractivity contribution in [1.29, 1.82) is 0 Å². The Morgan fingerprint density at radius 2 is 1.88 bits per heavy atom. The molecule has 0 aromatic heterocycles. The van der Waals surface area contributed by atoms with Crippen molar-refractivity contribution in [1.82, 2.24) is 10.6 Å². The summed E-state index contributed by atoms with van der Waals surface area (Å²) in [5.41, 5.74) is 0.0529. The van der Waals surface area contributed by atoms with Crippen LogP contribution >= 0.6 is 12.4 Å². The highest BCUT2D eigenvalue weighted by Gasteiger charge is 2.29. The number of hydrogen-bond donors (Lipinski definition) is 2. The summed E-state index contributed by atoms with van der Waals surface area (Å²) in [5.74, 6) is 0.252. The van der Waals surface area contributed by atoms with Gasteiger partial charge in [0.2, 0.25) is 5.91 Å². The van der Waals surface area contributed by atoms with Gasteiger partial charge in [-0.15, -0.1) is 12.4 Å². The van der Waals surface area contributed by atoms with Crippen molar-refractivity contribution in [2.24, 2.45) is 5.92 Å². The molecule has 0 aromatic rings. The smallest absolute Gasteiger partial charge is 0.224 e. The SMILES string of the molecule is CNCC(C)C(=O)NC1(C)CCCCC1.Cl. The topological polar surface area (TPSA) is 41.1 Å². The lowest BCUT2D eigenvalue weighted by Gasteiger charge is -2.35. The molecule has 0 spiro atoms. The fourth-order valence-electron chi connectivity index (χ4n) is 2.28. The summed E-state index contributed by atoms with van der Waals surface area (Å²) in [4.78, 5) is 11.9. The first-order chi connectivity index (χ1) is 7.07. The van der Waals surface area contributed by atoms with Gasteiger partial charge in [-0.3, -0.25) is 4.79 Å². The van der Waals surface area contributed by atoms with E-state index in [4.69, 9.17) is 0 Å². The Bertz CT molecular complexity index is 215. The van der Waals surface area contributed by atoms with Gasteiger partial charge in [-0.1, -0.05) is 26.2 Å². The summed E-state index contributed by atoms with van der Waals surface area (Å²) in [6.45, 7) is 4.90. The molecule has 3 nitrogen and oxygen atoms in total. The molecule has 0 saturated heterocycles. The molecule has 1 fully saturated rings. The Labute approximate surface area is 105 Å². The molecule has 0 bridgehead atoms. The van der Waals surface area contributed by atoms with Crippen LogP contribution in [0.5, 0.6) is 0 Å². The summed E-state index contributed by atoms with van der Waals surface area (Å²) in [6, 6.07) is 0. The zero-order chi connectivity index (χ0) is 11.3. The normalized spacial score (nSPS) is 20.7. The number of rotatable bonds is 4. The minimum absolute atomic E-state index is 0. The predicted molar refractivity (Wildman–Crippen MR) is 70.0 cm³/mol. The van der Waals surface area contributed by atoms with Gasteiger partial charge >= 0.3 is 0 Å². The highest BCUT2D eigenvalue weighted by molar-refractivity contribution is 5.85. The van der Waals surface area contributed by atoms with E-state index in [0.29, 0.717) is 0 Å². The molecular formula is C12H25ClN2O. The molecule has 1 saturated carbocycles. The van der Waals surface area contributed by atoms with Crippen LogP contribution in [-0.4, -0.2) is 25.0 Å². The average molecular weight is 249 g/mol. The Morgan fingerprint density at radius 1 is 1.31 bits per heavy atom. The first kappa shape index (κ1) is 15.7. The molecule has 0 heterocycles. The largest absolute Gasteiger partial charge is 0.351 e. The minimum atomic E-state index is 0. The maximum Gasteiger partial charge on any atom is 0.224 e. The molecule has 1 rings (SSSR count). The van der Waals surface area contributed by atoms with Crippen molar-refractivity contribution < 1.29 is 4.79 Å². The second-order valence-corrected chi connectivity index (χ2v) is 5.07. The quantitative estimate of drug-likeness (QED) is 0.800. The van der Waals surface area contributed by atoms with E-state index in [1.807, 2.05) is 14.0 Å². The van der Waals surface area contributed by atoms with Crippen molar-refractivity contribution in [3.05, 3.63) is 0 Å². The maximum atomic E-state index is 11.9. The number of hydrogen-bond acceptors (Lipinski definition) is 2. The van der Waals surface area contributed by atoms with Crippen molar-refractivity contribution in [3.63, 3.8) is 0 Å². The van der Waals surface area contributed by atoms with Gasteiger partial charge in [0.1, 0.15) is 0 Å². The molecule has 16 heavy (non-hydrogen) atoms. The van der Waals surface area contributed by atoms with Gasteiger partial charge in [-0.05, 0) is 26.8 Å². The lowest BCUT2D eigenvalue weighted by molar-refractivity contribution is -0.126. The molecule has 0 aliphatic heterocycles. The van der Waals surface area contributed by atoms with E-state index in [-0.39, 0.29) is 29.8 Å². The Balaban J connectivity index is 0.00000225. The second-order valence-electron chi connectivity index (χ2n) is 5.07. The summed E-state index contributed by atoms with van der Waals surface area (Å²) in [7, 11) is 1.88. The predicted octanol–water partition coefficient (Wildman–Crippen LogP) is 2.10. The van der Waals surface area contributed by atoms with E-state index < -0.39 is 0 Å². The van der Waals surface area contributed by atoms with Crippen LogP contribution in [-0.2, 0) is 4.79 Å². The Hall–Kier alpha value is -0.280. The van der Waals surface area contributed by atoms with E-state index in [1.165, 1.54) is 19.3 Å². The van der Waals surface area contributed by atoms with Crippen LogP contribution in [0.25, 0.3) is 0 Å². The summed E-state index contributed by atoms with van der Waals surface area (Å²) in [6.07, 6.45) is 6.07. The van der Waals surface area contributed by atoms with Crippen LogP contribution in [0.1, 0.15) is 46.0 Å². The maximum absolute atomic E-state index is 11.9. The molecule has 1 amide bonds. The van der Waals surface area contributed by atoms with Crippen LogP contribution < -0.4 is 10.6 Å². The Kier molecular flexibility index (Phi) is 7.00. The molecule has 1 unspecified atom stereocenters. The molecule has 2 N–H and O–H groups in total. The van der Waals surface area contributed by atoms with Gasteiger partial charge in [0.15, 0.2) is 0 Å². The summed E-state index contributed by atoms with van der Waals surface area (Å²) >= 11 is 0. The molecule has 1 aliphatic rings. The third-order valence-electron chi connectivity index (χ3n) is 3.34. The standard InChI is InChI=1S/C12H24N2O.ClH/c1-10(9-13-3)11(15)14-12(2)7-5-4-6-8-12;/h10,13H,4-9H2,1-3H3,(H,14,15);1H. The fourth-order valence-corrected chi connectivity index (χ4v) is 2.28. The van der Waals surface area contributed by atoms with E-state index in [1.54, 1.807) is 0 Å². The zero-order valence-corrected chi connectivity index (χ0v) is 11.5. The van der Waals surface area contributed by atoms with E-state index >= 15 is 0 Å². The lowest BCUT2D eigenvalue weighted by Crippen LogP contribution is -2.50. The third kappa shape index (κ3) is 4.71. The molecular weight excluding hydrogens is 224 g/mol. The van der Waals surface area contributed by atoms with Gasteiger partial charge in [0.05, 0.1) is 0 Å². The molecule has 0 radical (unpaired) electrons. The van der Waals surface area contributed by atoms with Crippen LogP contribution in [0, 0.1) is 5.92 Å². The van der Waals surface area contributed by atoms with Gasteiger partial charge < -0.3 is 10.6 Å². The van der Waals surface area contributed by atoms with Gasteiger partial charge in [0, 0.05) is 18.0 Å². The van der Waals surface area contributed by atoms with E-state index in [2.05, 4.69) is 17.6 Å². The molecule has 96 valence electrons. The van der Waals surface area contributed by atoms with Gasteiger partial charge in [-0.2, -0.15) is 0 Å². The monoisotopic (exact) mass is 248 g/mol. The minimum Gasteiger partial charge on any atom is -0.351 e. The molecule has 1 aliphatic carbocycles. The van der Waals surface area contributed by atoms with E-state index in [0.717, 1.165) is 19.4 Å².